The summed E-state index contributed by atoms with van der Waals surface area (Å²) in [6.45, 7) is 2.07. The van der Waals surface area contributed by atoms with Crippen LogP contribution < -0.4 is 21.1 Å². The van der Waals surface area contributed by atoms with Gasteiger partial charge < -0.3 is 21.1 Å². The summed E-state index contributed by atoms with van der Waals surface area (Å²) in [5.41, 5.74) is 7.33. The van der Waals surface area contributed by atoms with Crippen molar-refractivity contribution < 1.29 is 22.7 Å². The Hall–Kier alpha value is -3.63. The predicted molar refractivity (Wildman–Crippen MR) is 147 cm³/mol. The highest BCUT2D eigenvalue weighted by atomic mass is 35.5. The Morgan fingerprint density at radius 1 is 0.949 bits per heavy atom. The second-order valence-electron chi connectivity index (χ2n) is 9.16. The maximum absolute atomic E-state index is 12.3. The van der Waals surface area contributed by atoms with Gasteiger partial charge in [-0.05, 0) is 55.3 Å². The Balaban J connectivity index is 1.17. The highest BCUT2D eigenvalue weighted by Gasteiger charge is 2.32. The topological polar surface area (TPSA) is 102 Å². The molecular formula is C28H29ClF3N5O2. The van der Waals surface area contributed by atoms with Crippen molar-refractivity contribution in [2.75, 3.05) is 18.4 Å². The van der Waals surface area contributed by atoms with E-state index in [1.165, 1.54) is 12.1 Å². The lowest BCUT2D eigenvalue weighted by Crippen LogP contribution is -2.18. The van der Waals surface area contributed by atoms with Crippen molar-refractivity contribution in [1.29, 1.82) is 0 Å². The lowest BCUT2D eigenvalue weighted by atomic mass is 10.1. The largest absolute Gasteiger partial charge is 0.573 e. The summed E-state index contributed by atoms with van der Waals surface area (Å²) in [7, 11) is 0. The van der Waals surface area contributed by atoms with E-state index >= 15 is 0 Å². The number of primary amides is 1. The van der Waals surface area contributed by atoms with E-state index in [1.807, 2.05) is 12.1 Å². The average Bonchev–Trinajstić information content (AvgIpc) is 2.90. The van der Waals surface area contributed by atoms with Gasteiger partial charge in [0.2, 0.25) is 5.91 Å². The molecule has 0 bridgehead atoms. The fourth-order valence-corrected chi connectivity index (χ4v) is 4.58. The Bertz CT molecular complexity index is 1450. The van der Waals surface area contributed by atoms with Crippen molar-refractivity contribution in [1.82, 2.24) is 15.3 Å². The smallest absolute Gasteiger partial charge is 0.404 e. The predicted octanol–water partition coefficient (Wildman–Crippen LogP) is 6.59. The number of rotatable bonds is 13. The first-order chi connectivity index (χ1) is 18.7. The molecule has 0 aliphatic carbocycles. The van der Waals surface area contributed by atoms with Crippen LogP contribution in [0.15, 0.2) is 54.9 Å². The van der Waals surface area contributed by atoms with Crippen LogP contribution in [0.5, 0.6) is 5.75 Å². The first-order valence-corrected chi connectivity index (χ1v) is 13.0. The number of halogens is 4. The zero-order valence-corrected chi connectivity index (χ0v) is 21.9. The van der Waals surface area contributed by atoms with E-state index in [-0.39, 0.29) is 5.02 Å². The number of aromatic nitrogens is 2. The van der Waals surface area contributed by atoms with Crippen LogP contribution in [-0.4, -0.2) is 35.3 Å². The molecule has 2 aromatic heterocycles. The van der Waals surface area contributed by atoms with Crippen LogP contribution in [0.3, 0.4) is 0 Å². The second kappa shape index (κ2) is 12.9. The van der Waals surface area contributed by atoms with E-state index in [4.69, 9.17) is 22.3 Å². The van der Waals surface area contributed by atoms with Crippen LogP contribution in [-0.2, 0) is 6.54 Å². The summed E-state index contributed by atoms with van der Waals surface area (Å²) >= 11 is 5.89. The number of pyridine rings is 2. The number of hydrogen-bond acceptors (Lipinski definition) is 6. The van der Waals surface area contributed by atoms with Crippen LogP contribution in [0.4, 0.5) is 19.0 Å². The zero-order valence-electron chi connectivity index (χ0n) is 21.2. The minimum atomic E-state index is -4.77. The zero-order chi connectivity index (χ0) is 27.8. The molecule has 4 rings (SSSR count). The maximum Gasteiger partial charge on any atom is 0.573 e. The molecule has 0 saturated carbocycles. The van der Waals surface area contributed by atoms with Gasteiger partial charge in [0.25, 0.3) is 0 Å². The molecule has 2 aromatic carbocycles. The highest BCUT2D eigenvalue weighted by Crippen LogP contribution is 2.31. The molecule has 0 saturated heterocycles. The van der Waals surface area contributed by atoms with E-state index in [1.54, 1.807) is 30.6 Å². The van der Waals surface area contributed by atoms with Crippen molar-refractivity contribution in [2.45, 2.75) is 45.0 Å². The number of fused-ring (bicyclic) bond motifs is 3. The SMILES string of the molecule is NC(=O)c1ccc2c(c1)nc(NCCCCCCCNCc1ccc(OC(F)(F)F)c(Cl)c1)c1ccncc12. The van der Waals surface area contributed by atoms with E-state index < -0.39 is 18.0 Å². The summed E-state index contributed by atoms with van der Waals surface area (Å²) in [6, 6.07) is 11.4. The first kappa shape index (κ1) is 28.4. The summed E-state index contributed by atoms with van der Waals surface area (Å²) in [6.07, 6.45) is 3.93. The second-order valence-corrected chi connectivity index (χ2v) is 9.57. The summed E-state index contributed by atoms with van der Waals surface area (Å²) in [4.78, 5) is 20.6. The molecule has 0 aliphatic heterocycles. The molecular weight excluding hydrogens is 531 g/mol. The number of carbonyl (C=O) groups excluding carboxylic acids is 1. The lowest BCUT2D eigenvalue weighted by Gasteiger charge is -2.12. The average molecular weight is 560 g/mol. The number of nitrogens with one attached hydrogen (secondary N) is 2. The van der Waals surface area contributed by atoms with E-state index in [9.17, 15) is 18.0 Å². The molecule has 4 N–H and O–H groups in total. The first-order valence-electron chi connectivity index (χ1n) is 12.7. The van der Waals surface area contributed by atoms with Crippen LogP contribution >= 0.6 is 11.6 Å². The molecule has 0 radical (unpaired) electrons. The van der Waals surface area contributed by atoms with Crippen molar-refractivity contribution in [3.63, 3.8) is 0 Å². The number of amides is 1. The number of ether oxygens (including phenoxy) is 1. The standard InChI is InChI=1S/C28H29ClF3N5O2/c29-23-14-18(6-9-25(23)39-28(30,31)32)16-34-11-4-2-1-3-5-12-36-27-21-10-13-35-17-22(21)20-8-7-19(26(33)38)15-24(20)37-27/h6-10,13-15,17,34H,1-5,11-12,16H2,(H2,33,38)(H,36,37). The van der Waals surface area contributed by atoms with Crippen molar-refractivity contribution in [2.24, 2.45) is 5.73 Å². The third kappa shape index (κ3) is 7.93. The third-order valence-corrected chi connectivity index (χ3v) is 6.55. The summed E-state index contributed by atoms with van der Waals surface area (Å²) < 4.78 is 40.9. The molecule has 1 amide bonds. The van der Waals surface area contributed by atoms with Gasteiger partial charge in [0, 0.05) is 47.2 Å². The number of alkyl halides is 3. The van der Waals surface area contributed by atoms with Gasteiger partial charge in [-0.2, -0.15) is 0 Å². The van der Waals surface area contributed by atoms with E-state index in [0.29, 0.717) is 17.6 Å². The summed E-state index contributed by atoms with van der Waals surface area (Å²) in [5.74, 6) is -0.141. The van der Waals surface area contributed by atoms with E-state index in [0.717, 1.165) is 72.7 Å². The van der Waals surface area contributed by atoms with Crippen molar-refractivity contribution in [3.05, 3.63) is 71.0 Å². The minimum Gasteiger partial charge on any atom is -0.404 e. The quantitative estimate of drug-likeness (QED) is 0.126. The van der Waals surface area contributed by atoms with Crippen molar-refractivity contribution in [3.8, 4) is 5.75 Å². The highest BCUT2D eigenvalue weighted by molar-refractivity contribution is 6.32. The van der Waals surface area contributed by atoms with Gasteiger partial charge in [-0.15, -0.1) is 13.2 Å². The van der Waals surface area contributed by atoms with Gasteiger partial charge in [0.1, 0.15) is 11.6 Å². The number of carbonyl (C=O) groups is 1. The molecule has 206 valence electrons. The van der Waals surface area contributed by atoms with E-state index in [2.05, 4.69) is 20.4 Å². The van der Waals surface area contributed by atoms with Crippen LogP contribution in [0, 0.1) is 0 Å². The normalized spacial score (nSPS) is 11.7. The lowest BCUT2D eigenvalue weighted by molar-refractivity contribution is -0.274. The van der Waals surface area contributed by atoms with Gasteiger partial charge in [0.15, 0.2) is 0 Å². The fraction of sp³-hybridized carbons (Fsp3) is 0.321. The monoisotopic (exact) mass is 559 g/mol. The number of benzene rings is 2. The Kier molecular flexibility index (Phi) is 9.42. The van der Waals surface area contributed by atoms with Gasteiger partial charge in [-0.3, -0.25) is 9.78 Å². The molecule has 2 heterocycles. The molecule has 39 heavy (non-hydrogen) atoms. The molecule has 0 atom stereocenters. The Labute approximate surface area is 228 Å². The molecule has 4 aromatic rings. The van der Waals surface area contributed by atoms with Crippen molar-refractivity contribution >= 4 is 45.0 Å². The third-order valence-electron chi connectivity index (χ3n) is 6.25. The van der Waals surface area contributed by atoms with Crippen LogP contribution in [0.25, 0.3) is 21.7 Å². The number of anilines is 1. The number of hydrogen-bond donors (Lipinski definition) is 3. The number of nitrogens with two attached hydrogens (primary N) is 1. The van der Waals surface area contributed by atoms with Gasteiger partial charge >= 0.3 is 6.36 Å². The number of unbranched alkanes of at least 4 members (excludes halogenated alkanes) is 4. The van der Waals surface area contributed by atoms with Crippen LogP contribution in [0.2, 0.25) is 5.02 Å². The number of nitrogens with zero attached hydrogens (tertiary/aromatic N) is 2. The molecule has 7 nitrogen and oxygen atoms in total. The van der Waals surface area contributed by atoms with Gasteiger partial charge in [-0.25, -0.2) is 4.98 Å². The molecule has 0 spiro atoms. The van der Waals surface area contributed by atoms with Gasteiger partial charge in [0.05, 0.1) is 10.5 Å². The molecule has 11 heteroatoms. The minimum absolute atomic E-state index is 0.0702. The maximum atomic E-state index is 12.3. The molecule has 0 fully saturated rings. The fourth-order valence-electron chi connectivity index (χ4n) is 4.34. The molecule has 0 aliphatic rings. The Morgan fingerprint density at radius 2 is 1.72 bits per heavy atom. The van der Waals surface area contributed by atoms with Gasteiger partial charge in [-0.1, -0.05) is 43.0 Å². The Morgan fingerprint density at radius 3 is 2.46 bits per heavy atom. The van der Waals surface area contributed by atoms with Crippen LogP contribution in [0.1, 0.15) is 48.0 Å². The summed E-state index contributed by atoms with van der Waals surface area (Å²) in [5, 5.41) is 9.49. The molecule has 0 unspecified atom stereocenters.